The van der Waals surface area contributed by atoms with Crippen LogP contribution in [0.15, 0.2) is 48.5 Å². The van der Waals surface area contributed by atoms with E-state index >= 15 is 0 Å². The molecule has 7 heteroatoms. The number of likely N-dealkylation sites (tertiary alicyclic amines) is 1. The number of rotatable bonds is 4. The lowest BCUT2D eigenvalue weighted by molar-refractivity contribution is 0.0580. The maximum atomic E-state index is 12.7. The average molecular weight is 363 g/mol. The number of nitrogens with one attached hydrogen (secondary N) is 1. The number of ether oxygens (including phenoxy) is 1. The molecular weight excluding hydrogens is 342 g/mol. The quantitative estimate of drug-likeness (QED) is 0.770. The van der Waals surface area contributed by atoms with E-state index in [9.17, 15) is 4.79 Å². The fourth-order valence-electron chi connectivity index (χ4n) is 3.16. The molecule has 1 aromatic carbocycles. The van der Waals surface area contributed by atoms with Crippen LogP contribution < -0.4 is 4.74 Å². The van der Waals surface area contributed by atoms with Gasteiger partial charge in [-0.25, -0.2) is 0 Å². The number of aromatic nitrogens is 4. The molecule has 1 N–H and O–H groups in total. The number of carbonyl (C=O) groups is 1. The van der Waals surface area contributed by atoms with Crippen molar-refractivity contribution in [2.45, 2.75) is 25.9 Å². The number of carbonyl (C=O) groups excluding carboxylic acids is 1. The zero-order valence-electron chi connectivity index (χ0n) is 15.1. The first kappa shape index (κ1) is 17.2. The van der Waals surface area contributed by atoms with Crippen LogP contribution in [0.3, 0.4) is 0 Å². The number of hydrogen-bond donors (Lipinski definition) is 1. The van der Waals surface area contributed by atoms with Crippen molar-refractivity contribution in [1.82, 2.24) is 25.3 Å². The van der Waals surface area contributed by atoms with Crippen LogP contribution in [0.2, 0.25) is 0 Å². The summed E-state index contributed by atoms with van der Waals surface area (Å²) in [6, 6.07) is 15.3. The molecule has 0 aliphatic carbocycles. The van der Waals surface area contributed by atoms with E-state index in [-0.39, 0.29) is 12.0 Å². The van der Waals surface area contributed by atoms with E-state index in [4.69, 9.17) is 4.74 Å². The molecular formula is C20H21N5O2. The van der Waals surface area contributed by atoms with E-state index < -0.39 is 0 Å². The molecule has 2 aromatic heterocycles. The van der Waals surface area contributed by atoms with Gasteiger partial charge in [0, 0.05) is 37.6 Å². The molecule has 0 atom stereocenters. The van der Waals surface area contributed by atoms with Crippen molar-refractivity contribution < 1.29 is 9.53 Å². The minimum Gasteiger partial charge on any atom is -0.473 e. The van der Waals surface area contributed by atoms with Gasteiger partial charge in [0.15, 0.2) is 0 Å². The summed E-state index contributed by atoms with van der Waals surface area (Å²) < 4.78 is 5.87. The van der Waals surface area contributed by atoms with Gasteiger partial charge in [0.1, 0.15) is 11.8 Å². The van der Waals surface area contributed by atoms with Gasteiger partial charge < -0.3 is 9.64 Å². The van der Waals surface area contributed by atoms with Crippen LogP contribution in [0, 0.1) is 6.92 Å². The molecule has 1 aliphatic heterocycles. The second-order valence-electron chi connectivity index (χ2n) is 6.66. The van der Waals surface area contributed by atoms with Gasteiger partial charge in [0.25, 0.3) is 5.91 Å². The summed E-state index contributed by atoms with van der Waals surface area (Å²) in [5, 5.41) is 15.2. The van der Waals surface area contributed by atoms with Crippen molar-refractivity contribution in [2.24, 2.45) is 0 Å². The summed E-state index contributed by atoms with van der Waals surface area (Å²) in [5.74, 6) is 0.504. The SMILES string of the molecule is Cc1ccc(OC2CCN(C(=O)c3cc(-c4ccccc4)n[nH]3)CC2)nn1. The highest BCUT2D eigenvalue weighted by Gasteiger charge is 2.26. The van der Waals surface area contributed by atoms with E-state index in [0.717, 1.165) is 29.8 Å². The lowest BCUT2D eigenvalue weighted by Gasteiger charge is -2.31. The third kappa shape index (κ3) is 3.97. The molecule has 1 amide bonds. The number of H-pyrrole nitrogens is 1. The number of piperidine rings is 1. The molecule has 4 rings (SSSR count). The molecule has 0 bridgehead atoms. The number of amides is 1. The van der Waals surface area contributed by atoms with Crippen molar-refractivity contribution in [3.8, 4) is 17.1 Å². The van der Waals surface area contributed by atoms with Crippen LogP contribution in [-0.2, 0) is 0 Å². The normalized spacial score (nSPS) is 14.9. The Labute approximate surface area is 157 Å². The Kier molecular flexibility index (Phi) is 4.82. The Morgan fingerprint density at radius 2 is 1.89 bits per heavy atom. The minimum atomic E-state index is -0.0294. The van der Waals surface area contributed by atoms with Gasteiger partial charge in [-0.15, -0.1) is 5.10 Å². The third-order valence-corrected chi connectivity index (χ3v) is 4.67. The summed E-state index contributed by atoms with van der Waals surface area (Å²) in [6.45, 7) is 3.17. The van der Waals surface area contributed by atoms with Gasteiger partial charge in [-0.1, -0.05) is 30.3 Å². The molecule has 7 nitrogen and oxygen atoms in total. The van der Waals surface area contributed by atoms with E-state index in [0.29, 0.717) is 24.7 Å². The second-order valence-corrected chi connectivity index (χ2v) is 6.66. The van der Waals surface area contributed by atoms with Crippen molar-refractivity contribution in [3.05, 3.63) is 59.9 Å². The Bertz CT molecular complexity index is 900. The van der Waals surface area contributed by atoms with Gasteiger partial charge in [0.05, 0.1) is 11.4 Å². The summed E-state index contributed by atoms with van der Waals surface area (Å²) in [6.07, 6.45) is 1.58. The first-order valence-corrected chi connectivity index (χ1v) is 9.06. The topological polar surface area (TPSA) is 84.0 Å². The number of aromatic amines is 1. The Hall–Kier alpha value is -3.22. The van der Waals surface area contributed by atoms with Crippen molar-refractivity contribution in [3.63, 3.8) is 0 Å². The van der Waals surface area contributed by atoms with Gasteiger partial charge in [0.2, 0.25) is 5.88 Å². The van der Waals surface area contributed by atoms with Crippen LogP contribution in [-0.4, -0.2) is 50.4 Å². The first-order chi connectivity index (χ1) is 13.2. The highest BCUT2D eigenvalue weighted by atomic mass is 16.5. The fourth-order valence-corrected chi connectivity index (χ4v) is 3.16. The van der Waals surface area contributed by atoms with Gasteiger partial charge in [-0.3, -0.25) is 9.89 Å². The zero-order valence-corrected chi connectivity index (χ0v) is 15.1. The van der Waals surface area contributed by atoms with E-state index in [1.54, 1.807) is 0 Å². The van der Waals surface area contributed by atoms with Gasteiger partial charge in [-0.2, -0.15) is 10.2 Å². The maximum absolute atomic E-state index is 12.7. The van der Waals surface area contributed by atoms with Crippen molar-refractivity contribution in [1.29, 1.82) is 0 Å². The number of aryl methyl sites for hydroxylation is 1. The molecule has 0 unspecified atom stereocenters. The molecule has 0 spiro atoms. The van der Waals surface area contributed by atoms with Crippen LogP contribution >= 0.6 is 0 Å². The molecule has 138 valence electrons. The van der Waals surface area contributed by atoms with Gasteiger partial charge in [-0.05, 0) is 19.1 Å². The Morgan fingerprint density at radius 3 is 2.59 bits per heavy atom. The van der Waals surface area contributed by atoms with Crippen LogP contribution in [0.5, 0.6) is 5.88 Å². The van der Waals surface area contributed by atoms with E-state index in [2.05, 4.69) is 20.4 Å². The third-order valence-electron chi connectivity index (χ3n) is 4.67. The van der Waals surface area contributed by atoms with Crippen LogP contribution in [0.25, 0.3) is 11.3 Å². The standard InChI is InChI=1S/C20H21N5O2/c1-14-7-8-19(24-21-14)27-16-9-11-25(12-10-16)20(26)18-13-17(22-23-18)15-5-3-2-4-6-15/h2-8,13,16H,9-12H2,1H3,(H,22,23). The van der Waals surface area contributed by atoms with Crippen molar-refractivity contribution >= 4 is 5.91 Å². The average Bonchev–Trinajstić information content (AvgIpc) is 3.21. The summed E-state index contributed by atoms with van der Waals surface area (Å²) >= 11 is 0. The Morgan fingerprint density at radius 1 is 1.11 bits per heavy atom. The summed E-state index contributed by atoms with van der Waals surface area (Å²) in [4.78, 5) is 14.6. The van der Waals surface area contributed by atoms with Crippen LogP contribution in [0.4, 0.5) is 0 Å². The van der Waals surface area contributed by atoms with E-state index in [1.807, 2.05) is 60.4 Å². The molecule has 1 fully saturated rings. The molecule has 27 heavy (non-hydrogen) atoms. The molecule has 3 aromatic rings. The lowest BCUT2D eigenvalue weighted by atomic mass is 10.1. The van der Waals surface area contributed by atoms with Crippen molar-refractivity contribution in [2.75, 3.05) is 13.1 Å². The fraction of sp³-hybridized carbons (Fsp3) is 0.300. The predicted molar refractivity (Wildman–Crippen MR) is 100 cm³/mol. The largest absolute Gasteiger partial charge is 0.473 e. The molecule has 1 aliphatic rings. The highest BCUT2D eigenvalue weighted by molar-refractivity contribution is 5.93. The Balaban J connectivity index is 1.35. The first-order valence-electron chi connectivity index (χ1n) is 9.06. The second kappa shape index (κ2) is 7.57. The predicted octanol–water partition coefficient (Wildman–Crippen LogP) is 2.86. The monoisotopic (exact) mass is 363 g/mol. The van der Waals surface area contributed by atoms with Gasteiger partial charge >= 0.3 is 0 Å². The molecule has 0 saturated carbocycles. The summed E-state index contributed by atoms with van der Waals surface area (Å²) in [7, 11) is 0. The highest BCUT2D eigenvalue weighted by Crippen LogP contribution is 2.21. The lowest BCUT2D eigenvalue weighted by Crippen LogP contribution is -2.42. The molecule has 1 saturated heterocycles. The maximum Gasteiger partial charge on any atom is 0.271 e. The van der Waals surface area contributed by atoms with E-state index in [1.165, 1.54) is 0 Å². The molecule has 0 radical (unpaired) electrons. The molecule has 3 heterocycles. The minimum absolute atomic E-state index is 0.0294. The number of hydrogen-bond acceptors (Lipinski definition) is 5. The number of benzene rings is 1. The zero-order chi connectivity index (χ0) is 18.6. The van der Waals surface area contributed by atoms with Crippen LogP contribution in [0.1, 0.15) is 29.0 Å². The summed E-state index contributed by atoms with van der Waals surface area (Å²) in [5.41, 5.74) is 3.13. The smallest absolute Gasteiger partial charge is 0.271 e. The number of nitrogens with zero attached hydrogens (tertiary/aromatic N) is 4.